The lowest BCUT2D eigenvalue weighted by Crippen LogP contribution is -2.41. The van der Waals surface area contributed by atoms with Crippen LogP contribution in [0, 0.1) is 0 Å². The molecular weight excluding hydrogens is 556 g/mol. The number of aromatic nitrogens is 2. The summed E-state index contributed by atoms with van der Waals surface area (Å²) in [6, 6.07) is 0.618. The quantitative estimate of drug-likeness (QED) is 0.0550. The van der Waals surface area contributed by atoms with Gasteiger partial charge >= 0.3 is 0 Å². The molecule has 0 spiro atoms. The van der Waals surface area contributed by atoms with Crippen molar-refractivity contribution in [2.24, 2.45) is 0 Å². The molecule has 0 aliphatic rings. The first-order valence-electron chi connectivity index (χ1n) is 21.8. The number of hydrogen-bond acceptors (Lipinski definition) is 0. The Balaban J connectivity index is 2.27. The van der Waals surface area contributed by atoms with E-state index in [0.717, 1.165) is 0 Å². The average Bonchev–Trinajstić information content (AvgIpc) is 3.56. The smallest absolute Gasteiger partial charge is 0.247 e. The molecule has 0 fully saturated rings. The van der Waals surface area contributed by atoms with E-state index in [4.69, 9.17) is 0 Å². The summed E-state index contributed by atoms with van der Waals surface area (Å²) in [7, 11) is 0. The SMILES string of the molecule is CCCCCCCCCCCCCCCCCC(CCCCCCCCCCCCCCCC)c1[nH]cc[n+]1C(C)CCCCC. The minimum atomic E-state index is 0.618. The first-order valence-corrected chi connectivity index (χ1v) is 21.8. The molecule has 1 aromatic rings. The van der Waals surface area contributed by atoms with Gasteiger partial charge < -0.3 is 0 Å². The average molecular weight is 644 g/mol. The monoisotopic (exact) mass is 644 g/mol. The topological polar surface area (TPSA) is 19.7 Å². The van der Waals surface area contributed by atoms with Crippen molar-refractivity contribution in [1.82, 2.24) is 4.98 Å². The number of imidazole rings is 1. The maximum absolute atomic E-state index is 3.74. The third kappa shape index (κ3) is 25.3. The summed E-state index contributed by atoms with van der Waals surface area (Å²) in [6.07, 6.45) is 54.7. The van der Waals surface area contributed by atoms with Crippen LogP contribution in [0.5, 0.6) is 0 Å². The minimum absolute atomic E-state index is 0.618. The largest absolute Gasteiger partial charge is 0.257 e. The van der Waals surface area contributed by atoms with Gasteiger partial charge in [-0.15, -0.1) is 0 Å². The summed E-state index contributed by atoms with van der Waals surface area (Å²) in [6.45, 7) is 9.40. The Morgan fingerprint density at radius 2 is 0.696 bits per heavy atom. The van der Waals surface area contributed by atoms with Crippen molar-refractivity contribution in [3.05, 3.63) is 18.2 Å². The van der Waals surface area contributed by atoms with Crippen molar-refractivity contribution in [3.63, 3.8) is 0 Å². The van der Waals surface area contributed by atoms with Gasteiger partial charge in [-0.25, -0.2) is 9.55 Å². The highest BCUT2D eigenvalue weighted by Gasteiger charge is 2.25. The van der Waals surface area contributed by atoms with Crippen LogP contribution in [0.4, 0.5) is 0 Å². The summed E-state index contributed by atoms with van der Waals surface area (Å²) < 4.78 is 2.62. The highest BCUT2D eigenvalue weighted by atomic mass is 15.1. The number of nitrogens with zero attached hydrogens (tertiary/aromatic N) is 1. The van der Waals surface area contributed by atoms with Gasteiger partial charge in [-0.2, -0.15) is 0 Å². The van der Waals surface area contributed by atoms with Crippen molar-refractivity contribution in [1.29, 1.82) is 0 Å². The highest BCUT2D eigenvalue weighted by Crippen LogP contribution is 2.27. The van der Waals surface area contributed by atoms with E-state index in [2.05, 4.69) is 49.6 Å². The van der Waals surface area contributed by atoms with Crippen molar-refractivity contribution in [2.75, 3.05) is 0 Å². The second kappa shape index (κ2) is 34.1. The third-order valence-corrected chi connectivity index (χ3v) is 10.9. The lowest BCUT2D eigenvalue weighted by Gasteiger charge is -2.17. The van der Waals surface area contributed by atoms with Crippen LogP contribution in [-0.2, 0) is 0 Å². The van der Waals surface area contributed by atoms with Crippen molar-refractivity contribution >= 4 is 0 Å². The molecule has 0 aliphatic carbocycles. The molecule has 2 atom stereocenters. The Morgan fingerprint density at radius 3 is 1.04 bits per heavy atom. The van der Waals surface area contributed by atoms with Crippen LogP contribution in [0.2, 0.25) is 0 Å². The van der Waals surface area contributed by atoms with Crippen molar-refractivity contribution in [3.8, 4) is 0 Å². The predicted molar refractivity (Wildman–Crippen MR) is 207 cm³/mol. The molecule has 46 heavy (non-hydrogen) atoms. The highest BCUT2D eigenvalue weighted by molar-refractivity contribution is 4.90. The molecule has 0 saturated heterocycles. The molecule has 2 nitrogen and oxygen atoms in total. The van der Waals surface area contributed by atoms with Crippen molar-refractivity contribution in [2.45, 2.75) is 264 Å². The van der Waals surface area contributed by atoms with Gasteiger partial charge in [0, 0.05) is 0 Å². The number of nitrogens with one attached hydrogen (secondary N) is 1. The number of rotatable bonds is 37. The normalized spacial score (nSPS) is 13.0. The molecule has 2 heteroatoms. The Bertz CT molecular complexity index is 709. The summed E-state index contributed by atoms with van der Waals surface area (Å²) in [5.74, 6) is 2.24. The maximum atomic E-state index is 3.74. The van der Waals surface area contributed by atoms with Gasteiger partial charge in [-0.05, 0) is 32.6 Å². The second-order valence-electron chi connectivity index (χ2n) is 15.4. The van der Waals surface area contributed by atoms with Crippen LogP contribution in [-0.4, -0.2) is 4.98 Å². The van der Waals surface area contributed by atoms with Crippen molar-refractivity contribution < 1.29 is 4.57 Å². The predicted octanol–water partition coefficient (Wildman–Crippen LogP) is 15.7. The van der Waals surface area contributed by atoms with Gasteiger partial charge in [-0.3, -0.25) is 0 Å². The lowest BCUT2D eigenvalue weighted by molar-refractivity contribution is -0.727. The van der Waals surface area contributed by atoms with Crippen LogP contribution >= 0.6 is 0 Å². The van der Waals surface area contributed by atoms with Gasteiger partial charge in [-0.1, -0.05) is 220 Å². The van der Waals surface area contributed by atoms with Gasteiger partial charge in [0.2, 0.25) is 0 Å². The van der Waals surface area contributed by atoms with Crippen LogP contribution in [0.15, 0.2) is 12.4 Å². The fourth-order valence-corrected chi connectivity index (χ4v) is 7.66. The molecule has 0 bridgehead atoms. The molecule has 2 unspecified atom stereocenters. The van der Waals surface area contributed by atoms with E-state index >= 15 is 0 Å². The van der Waals surface area contributed by atoms with E-state index in [-0.39, 0.29) is 0 Å². The zero-order chi connectivity index (χ0) is 33.2. The molecule has 1 N–H and O–H groups in total. The van der Waals surface area contributed by atoms with Gasteiger partial charge in [0.15, 0.2) is 0 Å². The second-order valence-corrected chi connectivity index (χ2v) is 15.4. The van der Waals surface area contributed by atoms with Gasteiger partial charge in [0.25, 0.3) is 5.82 Å². The summed E-state index contributed by atoms with van der Waals surface area (Å²) in [4.78, 5) is 3.74. The third-order valence-electron chi connectivity index (χ3n) is 10.9. The van der Waals surface area contributed by atoms with Crippen LogP contribution in [0.25, 0.3) is 0 Å². The summed E-state index contributed by atoms with van der Waals surface area (Å²) in [5, 5.41) is 0. The number of H-pyrrole nitrogens is 1. The van der Waals surface area contributed by atoms with E-state index < -0.39 is 0 Å². The molecule has 0 radical (unpaired) electrons. The number of aromatic amines is 1. The van der Waals surface area contributed by atoms with E-state index in [1.54, 1.807) is 0 Å². The Labute approximate surface area is 291 Å². The van der Waals surface area contributed by atoms with Crippen LogP contribution in [0.3, 0.4) is 0 Å². The summed E-state index contributed by atoms with van der Waals surface area (Å²) >= 11 is 0. The van der Waals surface area contributed by atoms with E-state index in [0.29, 0.717) is 12.0 Å². The Morgan fingerprint density at radius 1 is 0.413 bits per heavy atom. The molecule has 1 rings (SSSR count). The lowest BCUT2D eigenvalue weighted by atomic mass is 9.92. The fourth-order valence-electron chi connectivity index (χ4n) is 7.66. The zero-order valence-corrected chi connectivity index (χ0v) is 32.5. The molecule has 1 heterocycles. The number of hydrogen-bond donors (Lipinski definition) is 1. The van der Waals surface area contributed by atoms with E-state index in [1.807, 2.05) is 0 Å². The molecule has 0 aromatic carbocycles. The molecule has 0 saturated carbocycles. The van der Waals surface area contributed by atoms with Gasteiger partial charge in [0.05, 0.1) is 12.0 Å². The van der Waals surface area contributed by atoms with Gasteiger partial charge in [0.1, 0.15) is 12.4 Å². The maximum Gasteiger partial charge on any atom is 0.257 e. The molecule has 0 aliphatic heterocycles. The van der Waals surface area contributed by atoms with Crippen LogP contribution < -0.4 is 4.57 Å². The standard InChI is InChI=1S/C44H86N2/c1-5-8-11-13-15-17-19-21-23-25-27-29-31-33-36-39-43(44-45-40-41-46(44)42(4)37-34-10-7-3)38-35-32-30-28-26-24-22-20-18-16-14-12-9-6-2/h40-43H,5-39H2,1-4H3/p+1. The Kier molecular flexibility index (Phi) is 32.0. The summed E-state index contributed by atoms with van der Waals surface area (Å²) in [5.41, 5.74) is 0. The Hall–Kier alpha value is -0.790. The molecule has 0 amide bonds. The van der Waals surface area contributed by atoms with E-state index in [1.165, 1.54) is 231 Å². The van der Waals surface area contributed by atoms with E-state index in [9.17, 15) is 0 Å². The van der Waals surface area contributed by atoms with Crippen LogP contribution in [0.1, 0.15) is 270 Å². The molecule has 272 valence electrons. The first-order chi connectivity index (χ1) is 22.7. The zero-order valence-electron chi connectivity index (χ0n) is 32.5. The minimum Gasteiger partial charge on any atom is -0.247 e. The molecule has 1 aromatic heterocycles. The number of unbranched alkanes of at least 4 members (excludes halogenated alkanes) is 29. The first kappa shape index (κ1) is 43.2. The fraction of sp³-hybridized carbons (Fsp3) is 0.932. The molecular formula is C44H87N2+.